The van der Waals surface area contributed by atoms with Gasteiger partial charge >= 0.3 is 18.9 Å². The van der Waals surface area contributed by atoms with Gasteiger partial charge in [0.05, 0.1) is 0 Å². The third-order valence-corrected chi connectivity index (χ3v) is 0. The molecule has 0 aliphatic heterocycles. The van der Waals surface area contributed by atoms with Crippen molar-refractivity contribution in [1.29, 1.82) is 0 Å². The molecule has 1 radical (unpaired) electrons. The minimum Gasteiger partial charge on any atom is -1.00 e. The summed E-state index contributed by atoms with van der Waals surface area (Å²) < 4.78 is 0. The molecular formula is CH5FeLiMn. The van der Waals surface area contributed by atoms with Crippen molar-refractivity contribution >= 4 is 0 Å². The van der Waals surface area contributed by atoms with Gasteiger partial charge in [-0.05, 0) is 0 Å². The van der Waals surface area contributed by atoms with Crippen LogP contribution < -0.4 is 18.9 Å². The van der Waals surface area contributed by atoms with Crippen molar-refractivity contribution in [2.75, 3.05) is 0 Å². The van der Waals surface area contributed by atoms with Crippen molar-refractivity contribution in [3.8, 4) is 0 Å². The molecule has 0 aliphatic carbocycles. The minimum absolute atomic E-state index is 0. The Bertz CT molecular complexity index is 11.6. The predicted molar refractivity (Wildman–Crippen MR) is 7.84 cm³/mol. The monoisotopic (exact) mass is 135 g/mol. The van der Waals surface area contributed by atoms with Crippen molar-refractivity contribution in [2.24, 2.45) is 0 Å². The van der Waals surface area contributed by atoms with E-state index in [-0.39, 0.29) is 61.9 Å². The van der Waals surface area contributed by atoms with E-state index in [4.69, 9.17) is 0 Å². The molecule has 0 amide bonds. The van der Waals surface area contributed by atoms with Crippen LogP contribution in [-0.2, 0) is 34.1 Å². The zero-order valence-corrected chi connectivity index (χ0v) is 4.02. The van der Waals surface area contributed by atoms with Gasteiger partial charge in [0.1, 0.15) is 0 Å². The van der Waals surface area contributed by atoms with Crippen LogP contribution in [0.4, 0.5) is 0 Å². The molecule has 0 bridgehead atoms. The molecule has 0 aliphatic rings. The normalized spacial score (nSPS) is 0. The average molecular weight is 135 g/mol. The van der Waals surface area contributed by atoms with Crippen LogP contribution in [0, 0.1) is 0 Å². The smallest absolute Gasteiger partial charge is 1.00 e. The van der Waals surface area contributed by atoms with Crippen LogP contribution in [0.25, 0.3) is 0 Å². The van der Waals surface area contributed by atoms with Crippen molar-refractivity contribution in [2.45, 2.75) is 7.43 Å². The van der Waals surface area contributed by atoms with E-state index < -0.39 is 0 Å². The van der Waals surface area contributed by atoms with E-state index >= 15 is 0 Å². The minimum atomic E-state index is 0. The van der Waals surface area contributed by atoms with Crippen LogP contribution >= 0.6 is 0 Å². The predicted octanol–water partition coefficient (Wildman–Crippen LogP) is -2.25. The molecular weight excluding hydrogens is 130 g/mol. The van der Waals surface area contributed by atoms with E-state index in [2.05, 4.69) is 0 Å². The van der Waals surface area contributed by atoms with Gasteiger partial charge in [-0.15, -0.1) is 0 Å². The van der Waals surface area contributed by atoms with Crippen molar-refractivity contribution in [3.05, 3.63) is 0 Å². The van der Waals surface area contributed by atoms with Crippen molar-refractivity contribution in [3.63, 3.8) is 0 Å². The van der Waals surface area contributed by atoms with E-state index in [0.717, 1.165) is 0 Å². The van der Waals surface area contributed by atoms with Gasteiger partial charge < -0.3 is 1.43 Å². The maximum absolute atomic E-state index is 0. The average Bonchev–Trinajstić information content (AvgIpc) is 0. The summed E-state index contributed by atoms with van der Waals surface area (Å²) in [5.41, 5.74) is 0. The van der Waals surface area contributed by atoms with Gasteiger partial charge in [0.15, 0.2) is 0 Å². The van der Waals surface area contributed by atoms with E-state index in [9.17, 15) is 0 Å². The van der Waals surface area contributed by atoms with Crippen LogP contribution in [0.15, 0.2) is 0 Å². The first-order valence-electron chi connectivity index (χ1n) is 0. The van der Waals surface area contributed by atoms with Crippen molar-refractivity contribution < 1.29 is 54.4 Å². The quantitative estimate of drug-likeness (QED) is 0.329. The molecule has 0 aromatic heterocycles. The Morgan fingerprint density at radius 2 is 1.25 bits per heavy atom. The summed E-state index contributed by atoms with van der Waals surface area (Å²) in [6, 6.07) is 0. The van der Waals surface area contributed by atoms with Gasteiger partial charge in [0.25, 0.3) is 0 Å². The standard InChI is InChI=1S/CH4.Fe.Li.Mn.H/h1H4;;;;/q;;+1;;-1. The van der Waals surface area contributed by atoms with Gasteiger partial charge in [0.2, 0.25) is 0 Å². The van der Waals surface area contributed by atoms with Gasteiger partial charge in [-0.25, -0.2) is 0 Å². The molecule has 0 atom stereocenters. The summed E-state index contributed by atoms with van der Waals surface area (Å²) in [6.45, 7) is 0. The molecule has 0 nitrogen and oxygen atoms in total. The second-order valence-corrected chi connectivity index (χ2v) is 0. The summed E-state index contributed by atoms with van der Waals surface area (Å²) >= 11 is 0. The molecule has 0 spiro atoms. The maximum atomic E-state index is 0. The third kappa shape index (κ3) is 9.44. The second kappa shape index (κ2) is 22.9. The Morgan fingerprint density at radius 1 is 1.25 bits per heavy atom. The Balaban J connectivity index is 0. The largest absolute Gasteiger partial charge is 1.00 e. The Morgan fingerprint density at radius 3 is 1.25 bits per heavy atom. The fraction of sp³-hybridized carbons (Fsp3) is 1.00. The van der Waals surface area contributed by atoms with E-state index in [0.29, 0.717) is 0 Å². The van der Waals surface area contributed by atoms with E-state index in [1.54, 1.807) is 0 Å². The van der Waals surface area contributed by atoms with Crippen LogP contribution in [0.1, 0.15) is 8.85 Å². The van der Waals surface area contributed by atoms with E-state index in [1.807, 2.05) is 0 Å². The summed E-state index contributed by atoms with van der Waals surface area (Å²) in [7, 11) is 0. The maximum Gasteiger partial charge on any atom is 1.00 e. The fourth-order valence-electron chi connectivity index (χ4n) is 0. The third-order valence-electron chi connectivity index (χ3n) is 0. The van der Waals surface area contributed by atoms with Crippen LogP contribution in [0.2, 0.25) is 0 Å². The summed E-state index contributed by atoms with van der Waals surface area (Å²) in [6.07, 6.45) is 0. The first kappa shape index (κ1) is 45.2. The molecule has 0 unspecified atom stereocenters. The number of hydrogen-bond donors (Lipinski definition) is 0. The molecule has 25 valence electrons. The fourth-order valence-corrected chi connectivity index (χ4v) is 0. The molecule has 0 fully saturated rings. The van der Waals surface area contributed by atoms with E-state index in [1.165, 1.54) is 0 Å². The molecule has 0 saturated carbocycles. The number of hydrogen-bond acceptors (Lipinski definition) is 0. The zero-order valence-electron chi connectivity index (χ0n) is 2.73. The molecule has 4 heavy (non-hydrogen) atoms. The Hall–Kier alpha value is 1.64. The van der Waals surface area contributed by atoms with Crippen LogP contribution in [0.3, 0.4) is 0 Å². The van der Waals surface area contributed by atoms with Gasteiger partial charge in [0, 0.05) is 34.1 Å². The van der Waals surface area contributed by atoms with Crippen LogP contribution in [0.5, 0.6) is 0 Å². The van der Waals surface area contributed by atoms with Gasteiger partial charge in [-0.1, -0.05) is 7.43 Å². The first-order valence-corrected chi connectivity index (χ1v) is 0. The SMILES string of the molecule is C.[Fe].[H-].[Li+].[Mn]. The molecule has 3 heteroatoms. The summed E-state index contributed by atoms with van der Waals surface area (Å²) in [5.74, 6) is 0. The van der Waals surface area contributed by atoms with Crippen molar-refractivity contribution in [1.82, 2.24) is 0 Å². The molecule has 0 aromatic carbocycles. The zero-order chi connectivity index (χ0) is 0. The Labute approximate surface area is 61.7 Å². The first-order chi connectivity index (χ1) is 0. The molecule has 0 aromatic rings. The molecule has 0 saturated heterocycles. The van der Waals surface area contributed by atoms with Crippen LogP contribution in [-0.4, -0.2) is 0 Å². The number of rotatable bonds is 0. The summed E-state index contributed by atoms with van der Waals surface area (Å²) in [5, 5.41) is 0. The molecule has 0 rings (SSSR count). The second-order valence-electron chi connectivity index (χ2n) is 0. The van der Waals surface area contributed by atoms with Gasteiger partial charge in [-0.3, -0.25) is 0 Å². The molecule has 0 heterocycles. The Kier molecular flexibility index (Phi) is 259. The molecule has 0 N–H and O–H groups in total. The topological polar surface area (TPSA) is 0 Å². The summed E-state index contributed by atoms with van der Waals surface area (Å²) in [4.78, 5) is 0. The van der Waals surface area contributed by atoms with Gasteiger partial charge in [-0.2, -0.15) is 0 Å².